The molecule has 2 fully saturated rings. The van der Waals surface area contributed by atoms with Crippen molar-refractivity contribution in [2.45, 2.75) is 38.7 Å². The maximum Gasteiger partial charge on any atom is 0.242 e. The highest BCUT2D eigenvalue weighted by atomic mass is 19.1. The number of hydrogen-bond acceptors (Lipinski definition) is 6. The van der Waals surface area contributed by atoms with E-state index in [9.17, 15) is 14.0 Å². The summed E-state index contributed by atoms with van der Waals surface area (Å²) in [4.78, 5) is 31.1. The van der Waals surface area contributed by atoms with Gasteiger partial charge in [0.05, 0.1) is 18.3 Å². The van der Waals surface area contributed by atoms with Gasteiger partial charge in [-0.2, -0.15) is 0 Å². The van der Waals surface area contributed by atoms with Gasteiger partial charge in [-0.15, -0.1) is 10.2 Å². The van der Waals surface area contributed by atoms with E-state index in [0.717, 1.165) is 43.8 Å². The molecule has 2 aromatic rings. The minimum absolute atomic E-state index is 0.0168. The molecule has 0 radical (unpaired) electrons. The molecule has 2 aliphatic rings. The molecule has 2 saturated heterocycles. The van der Waals surface area contributed by atoms with Gasteiger partial charge in [0, 0.05) is 51.3 Å². The van der Waals surface area contributed by atoms with Crippen LogP contribution < -0.4 is 4.90 Å². The fourth-order valence-corrected chi connectivity index (χ4v) is 4.44. The van der Waals surface area contributed by atoms with Crippen LogP contribution in [0.1, 0.15) is 32.6 Å². The third-order valence-electron chi connectivity index (χ3n) is 6.39. The highest BCUT2D eigenvalue weighted by Gasteiger charge is 2.26. The summed E-state index contributed by atoms with van der Waals surface area (Å²) in [5.41, 5.74) is 1.49. The molecule has 8 nitrogen and oxygen atoms in total. The van der Waals surface area contributed by atoms with Crippen LogP contribution in [0, 0.1) is 5.82 Å². The number of carbonyl (C=O) groups excluding carboxylic acids is 2. The summed E-state index contributed by atoms with van der Waals surface area (Å²) < 4.78 is 18.8. The van der Waals surface area contributed by atoms with Crippen LogP contribution in [-0.4, -0.2) is 83.8 Å². The van der Waals surface area contributed by atoms with Crippen LogP contribution in [0.5, 0.6) is 0 Å². The first-order chi connectivity index (χ1) is 16.5. The van der Waals surface area contributed by atoms with Gasteiger partial charge in [0.1, 0.15) is 5.82 Å². The van der Waals surface area contributed by atoms with Crippen molar-refractivity contribution in [3.8, 4) is 11.3 Å². The number of halogens is 1. The number of nitrogens with zero attached hydrogens (tertiary/aromatic N) is 5. The highest BCUT2D eigenvalue weighted by Crippen LogP contribution is 2.20. The van der Waals surface area contributed by atoms with Crippen LogP contribution >= 0.6 is 0 Å². The Labute approximate surface area is 199 Å². The van der Waals surface area contributed by atoms with Crippen molar-refractivity contribution >= 4 is 17.6 Å². The van der Waals surface area contributed by atoms with E-state index in [1.807, 2.05) is 24.0 Å². The zero-order valence-corrected chi connectivity index (χ0v) is 19.7. The first-order valence-corrected chi connectivity index (χ1v) is 12.0. The van der Waals surface area contributed by atoms with Crippen molar-refractivity contribution < 1.29 is 18.7 Å². The van der Waals surface area contributed by atoms with Gasteiger partial charge in [0.25, 0.3) is 0 Å². The molecule has 0 aliphatic carbocycles. The van der Waals surface area contributed by atoms with E-state index in [0.29, 0.717) is 38.3 Å². The maximum absolute atomic E-state index is 13.2. The monoisotopic (exact) mass is 469 g/mol. The zero-order valence-electron chi connectivity index (χ0n) is 19.7. The molecule has 0 N–H and O–H groups in total. The smallest absolute Gasteiger partial charge is 0.242 e. The molecule has 1 atom stereocenters. The van der Waals surface area contributed by atoms with Gasteiger partial charge in [-0.1, -0.05) is 6.92 Å². The predicted molar refractivity (Wildman–Crippen MR) is 127 cm³/mol. The minimum atomic E-state index is -0.286. The normalized spacial score (nSPS) is 18.6. The van der Waals surface area contributed by atoms with Gasteiger partial charge in [-0.05, 0) is 55.7 Å². The number of aromatic nitrogens is 2. The Balaban J connectivity index is 1.34. The second-order valence-corrected chi connectivity index (χ2v) is 8.77. The average molecular weight is 470 g/mol. The lowest BCUT2D eigenvalue weighted by molar-refractivity contribution is -0.141. The number of benzene rings is 1. The number of carbonyl (C=O) groups is 2. The molecule has 182 valence electrons. The summed E-state index contributed by atoms with van der Waals surface area (Å²) in [5, 5.41) is 8.67. The van der Waals surface area contributed by atoms with Crippen molar-refractivity contribution in [2.75, 3.05) is 50.8 Å². The van der Waals surface area contributed by atoms with Crippen molar-refractivity contribution in [1.82, 2.24) is 20.0 Å². The lowest BCUT2D eigenvalue weighted by atomic mass is 10.1. The molecular weight excluding hydrogens is 437 g/mol. The number of amides is 2. The average Bonchev–Trinajstić information content (AvgIpc) is 3.25. The summed E-state index contributed by atoms with van der Waals surface area (Å²) in [7, 11) is 0. The molecule has 9 heteroatoms. The third kappa shape index (κ3) is 6.08. The molecule has 0 bridgehead atoms. The lowest BCUT2D eigenvalue weighted by Gasteiger charge is -2.28. The van der Waals surface area contributed by atoms with Gasteiger partial charge in [-0.25, -0.2) is 4.39 Å². The van der Waals surface area contributed by atoms with Crippen LogP contribution in [0.4, 0.5) is 10.2 Å². The standard InChI is InChI=1S/C25H32FN5O3/c1-2-24(32)31(17-21-5-3-16-34-21)18-25(33)30-13-4-12-29(14-15-30)23-11-10-22(27-28-23)19-6-8-20(26)9-7-19/h6-11,21H,2-5,12-18H2,1H3. The first kappa shape index (κ1) is 24.1. The molecule has 1 aromatic carbocycles. The van der Waals surface area contributed by atoms with Crippen molar-refractivity contribution in [3.05, 3.63) is 42.2 Å². The minimum Gasteiger partial charge on any atom is -0.376 e. The molecule has 0 spiro atoms. The molecule has 1 aromatic heterocycles. The van der Waals surface area contributed by atoms with Crippen LogP contribution in [-0.2, 0) is 14.3 Å². The molecule has 3 heterocycles. The Bertz CT molecular complexity index is 964. The first-order valence-electron chi connectivity index (χ1n) is 12.0. The second-order valence-electron chi connectivity index (χ2n) is 8.77. The fraction of sp³-hybridized carbons (Fsp3) is 0.520. The molecule has 4 rings (SSSR count). The van der Waals surface area contributed by atoms with E-state index in [4.69, 9.17) is 4.74 Å². The van der Waals surface area contributed by atoms with E-state index in [1.54, 1.807) is 17.0 Å². The summed E-state index contributed by atoms with van der Waals surface area (Å²) in [5.74, 6) is 0.420. The number of ether oxygens (including phenoxy) is 1. The highest BCUT2D eigenvalue weighted by molar-refractivity contribution is 5.84. The van der Waals surface area contributed by atoms with Crippen LogP contribution in [0.25, 0.3) is 11.3 Å². The maximum atomic E-state index is 13.2. The molecule has 34 heavy (non-hydrogen) atoms. The molecule has 2 aliphatic heterocycles. The topological polar surface area (TPSA) is 78.9 Å². The third-order valence-corrected chi connectivity index (χ3v) is 6.39. The fourth-order valence-electron chi connectivity index (χ4n) is 4.44. The number of hydrogen-bond donors (Lipinski definition) is 0. The van der Waals surface area contributed by atoms with E-state index < -0.39 is 0 Å². The van der Waals surface area contributed by atoms with Gasteiger partial charge in [0.2, 0.25) is 11.8 Å². The summed E-state index contributed by atoms with van der Waals surface area (Å²) in [6.07, 6.45) is 3.14. The van der Waals surface area contributed by atoms with E-state index in [-0.39, 0.29) is 30.3 Å². The summed E-state index contributed by atoms with van der Waals surface area (Å²) in [6.45, 7) is 5.74. The van der Waals surface area contributed by atoms with Crippen LogP contribution in [0.2, 0.25) is 0 Å². The van der Waals surface area contributed by atoms with E-state index in [1.165, 1.54) is 12.1 Å². The predicted octanol–water partition coefficient (Wildman–Crippen LogP) is 2.74. The SMILES string of the molecule is CCC(=O)N(CC(=O)N1CCCN(c2ccc(-c3ccc(F)cc3)nn2)CC1)CC1CCCO1. The quantitative estimate of drug-likeness (QED) is 0.621. The van der Waals surface area contributed by atoms with Gasteiger partial charge < -0.3 is 19.4 Å². The Kier molecular flexibility index (Phi) is 8.05. The van der Waals surface area contributed by atoms with Crippen molar-refractivity contribution in [2.24, 2.45) is 0 Å². The van der Waals surface area contributed by atoms with Crippen LogP contribution in [0.3, 0.4) is 0 Å². The Morgan fingerprint density at radius 1 is 1.06 bits per heavy atom. The zero-order chi connectivity index (χ0) is 23.9. The van der Waals surface area contributed by atoms with Gasteiger partial charge >= 0.3 is 0 Å². The largest absolute Gasteiger partial charge is 0.376 e. The Morgan fingerprint density at radius 3 is 2.56 bits per heavy atom. The molecule has 1 unspecified atom stereocenters. The van der Waals surface area contributed by atoms with Crippen molar-refractivity contribution in [1.29, 1.82) is 0 Å². The number of rotatable bonds is 7. The van der Waals surface area contributed by atoms with Crippen molar-refractivity contribution in [3.63, 3.8) is 0 Å². The molecule has 2 amide bonds. The van der Waals surface area contributed by atoms with Crippen LogP contribution in [0.15, 0.2) is 36.4 Å². The van der Waals surface area contributed by atoms with E-state index >= 15 is 0 Å². The van der Waals surface area contributed by atoms with Gasteiger partial charge in [-0.3, -0.25) is 9.59 Å². The van der Waals surface area contributed by atoms with Gasteiger partial charge in [0.15, 0.2) is 5.82 Å². The Morgan fingerprint density at radius 2 is 1.88 bits per heavy atom. The molecular formula is C25H32FN5O3. The second kappa shape index (κ2) is 11.4. The Hall–Kier alpha value is -3.07. The number of anilines is 1. The molecule has 0 saturated carbocycles. The summed E-state index contributed by atoms with van der Waals surface area (Å²) >= 11 is 0. The summed E-state index contributed by atoms with van der Waals surface area (Å²) in [6, 6.07) is 9.96. The lowest BCUT2D eigenvalue weighted by Crippen LogP contribution is -2.46. The van der Waals surface area contributed by atoms with E-state index in [2.05, 4.69) is 15.1 Å².